The third kappa shape index (κ3) is 3.11. The summed E-state index contributed by atoms with van der Waals surface area (Å²) in [5.74, 6) is 0.848. The molecule has 1 atom stereocenters. The molecule has 2 heteroatoms. The van der Waals surface area contributed by atoms with Gasteiger partial charge in [-0.1, -0.05) is 0 Å². The Labute approximate surface area is 75.9 Å². The summed E-state index contributed by atoms with van der Waals surface area (Å²) in [5.41, 5.74) is 0. The Morgan fingerprint density at radius 1 is 1.58 bits per heavy atom. The second-order valence-corrected chi connectivity index (χ2v) is 3.59. The van der Waals surface area contributed by atoms with Gasteiger partial charge in [-0.25, -0.2) is 0 Å². The topological polar surface area (TPSA) is 12.5 Å². The number of nitrogens with zero attached hydrogens (tertiary/aromatic N) is 1. The van der Waals surface area contributed by atoms with Gasteiger partial charge >= 0.3 is 0 Å². The average Bonchev–Trinajstić information content (AvgIpc) is 2.15. The highest BCUT2D eigenvalue weighted by atomic mass is 16.5. The number of hydrogen-bond acceptors (Lipinski definition) is 2. The summed E-state index contributed by atoms with van der Waals surface area (Å²) >= 11 is 0. The standard InChI is InChI=1S/C10H20NO/c1-3-11-7-4-5-10(9-11)6-8-12-2/h10H,1,3-9H2,2H3/t10-/m1/s1. The summed E-state index contributed by atoms with van der Waals surface area (Å²) < 4.78 is 5.08. The van der Waals surface area contributed by atoms with Crippen molar-refractivity contribution in [3.8, 4) is 0 Å². The molecule has 0 spiro atoms. The fraction of sp³-hybridized carbons (Fsp3) is 0.900. The van der Waals surface area contributed by atoms with Crippen LogP contribution in [0.1, 0.15) is 19.3 Å². The van der Waals surface area contributed by atoms with E-state index in [4.69, 9.17) is 4.74 Å². The van der Waals surface area contributed by atoms with Crippen molar-refractivity contribution in [2.45, 2.75) is 19.3 Å². The van der Waals surface area contributed by atoms with E-state index in [-0.39, 0.29) is 0 Å². The zero-order chi connectivity index (χ0) is 8.81. The summed E-state index contributed by atoms with van der Waals surface area (Å²) in [7, 11) is 1.78. The maximum Gasteiger partial charge on any atom is 0.0465 e. The lowest BCUT2D eigenvalue weighted by atomic mass is 9.95. The summed E-state index contributed by atoms with van der Waals surface area (Å²) in [6.45, 7) is 8.26. The fourth-order valence-corrected chi connectivity index (χ4v) is 1.87. The number of methoxy groups -OCH3 is 1. The Bertz CT molecular complexity index is 116. The Kier molecular flexibility index (Phi) is 4.62. The van der Waals surface area contributed by atoms with Crippen molar-refractivity contribution in [2.24, 2.45) is 5.92 Å². The third-order valence-corrected chi connectivity index (χ3v) is 2.65. The maximum absolute atomic E-state index is 5.08. The minimum atomic E-state index is 0.848. The molecule has 1 saturated heterocycles. The molecule has 1 fully saturated rings. The lowest BCUT2D eigenvalue weighted by Gasteiger charge is -2.31. The quantitative estimate of drug-likeness (QED) is 0.635. The SMILES string of the molecule is [CH2]CN1CCC[C@H](CCOC)C1. The molecule has 0 aromatic carbocycles. The van der Waals surface area contributed by atoms with Crippen molar-refractivity contribution in [1.29, 1.82) is 0 Å². The highest BCUT2D eigenvalue weighted by Gasteiger charge is 2.17. The molecule has 1 heterocycles. The van der Waals surface area contributed by atoms with E-state index >= 15 is 0 Å². The molecule has 0 amide bonds. The molecule has 0 N–H and O–H groups in total. The van der Waals surface area contributed by atoms with Crippen LogP contribution in [0.4, 0.5) is 0 Å². The molecule has 0 aromatic heterocycles. The molecule has 0 saturated carbocycles. The molecule has 1 aliphatic rings. The monoisotopic (exact) mass is 170 g/mol. The molecule has 12 heavy (non-hydrogen) atoms. The largest absolute Gasteiger partial charge is 0.385 e. The van der Waals surface area contributed by atoms with Crippen molar-refractivity contribution >= 4 is 0 Å². The van der Waals surface area contributed by atoms with Crippen LogP contribution < -0.4 is 0 Å². The molecular weight excluding hydrogens is 150 g/mol. The fourth-order valence-electron chi connectivity index (χ4n) is 1.87. The van der Waals surface area contributed by atoms with Crippen LogP contribution in [0.3, 0.4) is 0 Å². The van der Waals surface area contributed by atoms with Crippen molar-refractivity contribution < 1.29 is 4.74 Å². The van der Waals surface area contributed by atoms with Crippen LogP contribution in [-0.4, -0.2) is 38.3 Å². The van der Waals surface area contributed by atoms with Crippen LogP contribution in [0.15, 0.2) is 0 Å². The van der Waals surface area contributed by atoms with Crippen LogP contribution in [0.2, 0.25) is 0 Å². The Hall–Kier alpha value is -0.0800. The van der Waals surface area contributed by atoms with Gasteiger partial charge in [0.1, 0.15) is 0 Å². The molecule has 1 aliphatic heterocycles. The summed E-state index contributed by atoms with van der Waals surface area (Å²) in [5, 5.41) is 0. The van der Waals surface area contributed by atoms with E-state index in [1.54, 1.807) is 7.11 Å². The third-order valence-electron chi connectivity index (χ3n) is 2.65. The van der Waals surface area contributed by atoms with E-state index < -0.39 is 0 Å². The molecule has 0 aliphatic carbocycles. The van der Waals surface area contributed by atoms with Gasteiger partial charge in [-0.2, -0.15) is 0 Å². The molecule has 2 nitrogen and oxygen atoms in total. The molecule has 1 radical (unpaired) electrons. The minimum Gasteiger partial charge on any atom is -0.385 e. The lowest BCUT2D eigenvalue weighted by Crippen LogP contribution is -2.35. The maximum atomic E-state index is 5.08. The number of rotatable bonds is 4. The first-order valence-electron chi connectivity index (χ1n) is 4.87. The van der Waals surface area contributed by atoms with E-state index in [0.717, 1.165) is 19.1 Å². The number of piperidine rings is 1. The predicted molar refractivity (Wildman–Crippen MR) is 51.0 cm³/mol. The summed E-state index contributed by atoms with van der Waals surface area (Å²) in [4.78, 5) is 2.43. The smallest absolute Gasteiger partial charge is 0.0465 e. The Balaban J connectivity index is 2.16. The van der Waals surface area contributed by atoms with Gasteiger partial charge in [-0.15, -0.1) is 0 Å². The highest BCUT2D eigenvalue weighted by molar-refractivity contribution is 4.73. The zero-order valence-electron chi connectivity index (χ0n) is 8.09. The average molecular weight is 170 g/mol. The second-order valence-electron chi connectivity index (χ2n) is 3.59. The van der Waals surface area contributed by atoms with E-state index in [1.165, 1.54) is 32.4 Å². The van der Waals surface area contributed by atoms with E-state index in [0.29, 0.717) is 0 Å². The van der Waals surface area contributed by atoms with E-state index in [9.17, 15) is 0 Å². The zero-order valence-corrected chi connectivity index (χ0v) is 8.09. The highest BCUT2D eigenvalue weighted by Crippen LogP contribution is 2.18. The lowest BCUT2D eigenvalue weighted by molar-refractivity contribution is 0.133. The predicted octanol–water partition coefficient (Wildman–Crippen LogP) is 1.57. The Morgan fingerprint density at radius 3 is 3.08 bits per heavy atom. The number of hydrogen-bond donors (Lipinski definition) is 0. The van der Waals surface area contributed by atoms with Gasteiger partial charge in [-0.05, 0) is 45.2 Å². The first-order chi connectivity index (χ1) is 5.86. The van der Waals surface area contributed by atoms with Crippen LogP contribution in [0.5, 0.6) is 0 Å². The first-order valence-corrected chi connectivity index (χ1v) is 4.87. The van der Waals surface area contributed by atoms with Gasteiger partial charge in [-0.3, -0.25) is 0 Å². The Morgan fingerprint density at radius 2 is 2.42 bits per heavy atom. The van der Waals surface area contributed by atoms with Gasteiger partial charge in [0.05, 0.1) is 0 Å². The summed E-state index contributed by atoms with van der Waals surface area (Å²) in [6, 6.07) is 0. The number of ether oxygens (including phenoxy) is 1. The van der Waals surface area contributed by atoms with Crippen molar-refractivity contribution in [3.05, 3.63) is 6.92 Å². The molecule has 0 unspecified atom stereocenters. The van der Waals surface area contributed by atoms with Crippen molar-refractivity contribution in [1.82, 2.24) is 4.90 Å². The first kappa shape index (κ1) is 10.0. The molecule has 71 valence electrons. The molecule has 0 bridgehead atoms. The van der Waals surface area contributed by atoms with Crippen LogP contribution in [0.25, 0.3) is 0 Å². The normalized spacial score (nSPS) is 26.0. The van der Waals surface area contributed by atoms with Crippen LogP contribution in [0, 0.1) is 12.8 Å². The molecule has 0 aromatic rings. The van der Waals surface area contributed by atoms with Crippen molar-refractivity contribution in [3.63, 3.8) is 0 Å². The van der Waals surface area contributed by atoms with Gasteiger partial charge in [0.15, 0.2) is 0 Å². The summed E-state index contributed by atoms with van der Waals surface area (Å²) in [6.07, 6.45) is 3.93. The van der Waals surface area contributed by atoms with E-state index in [1.807, 2.05) is 0 Å². The molecular formula is C10H20NO. The van der Waals surface area contributed by atoms with E-state index in [2.05, 4.69) is 11.8 Å². The molecule has 1 rings (SSSR count). The van der Waals surface area contributed by atoms with Gasteiger partial charge in [0.2, 0.25) is 0 Å². The van der Waals surface area contributed by atoms with Crippen LogP contribution in [-0.2, 0) is 4.74 Å². The second kappa shape index (κ2) is 5.55. The van der Waals surface area contributed by atoms with Gasteiger partial charge in [0, 0.05) is 20.3 Å². The van der Waals surface area contributed by atoms with Crippen molar-refractivity contribution in [2.75, 3.05) is 33.4 Å². The minimum absolute atomic E-state index is 0.848. The van der Waals surface area contributed by atoms with Crippen LogP contribution >= 0.6 is 0 Å². The van der Waals surface area contributed by atoms with Gasteiger partial charge < -0.3 is 9.64 Å². The number of likely N-dealkylation sites (tertiary alicyclic amines) is 1. The van der Waals surface area contributed by atoms with Gasteiger partial charge in [0.25, 0.3) is 0 Å².